The van der Waals surface area contributed by atoms with Crippen LogP contribution in [0.25, 0.3) is 21.6 Å². The summed E-state index contributed by atoms with van der Waals surface area (Å²) in [4.78, 5) is 54.6. The number of nitrogens with one attached hydrogen (secondary N) is 3. The van der Waals surface area contributed by atoms with E-state index in [4.69, 9.17) is 19.4 Å². The number of aryl methyl sites for hydroxylation is 1. The van der Waals surface area contributed by atoms with Gasteiger partial charge < -0.3 is 25.0 Å². The monoisotopic (exact) mass is 926 g/mol. The maximum atomic E-state index is 14.9. The van der Waals surface area contributed by atoms with Crippen molar-refractivity contribution in [1.82, 2.24) is 24.9 Å². The number of fused-ring (bicyclic) bond motifs is 3. The summed E-state index contributed by atoms with van der Waals surface area (Å²) in [5, 5.41) is 8.31. The van der Waals surface area contributed by atoms with Crippen LogP contribution in [-0.2, 0) is 30.6 Å². The fourth-order valence-electron chi connectivity index (χ4n) is 8.54. The van der Waals surface area contributed by atoms with Gasteiger partial charge in [0.1, 0.15) is 51.7 Å². The van der Waals surface area contributed by atoms with Crippen molar-refractivity contribution in [3.05, 3.63) is 76.6 Å². The number of carbonyl (C=O) groups excluding carboxylic acids is 3. The van der Waals surface area contributed by atoms with E-state index in [0.717, 1.165) is 17.3 Å². The number of anilines is 1. The Balaban J connectivity index is 1.16. The van der Waals surface area contributed by atoms with E-state index in [2.05, 4.69) is 15.4 Å². The molecule has 4 aliphatic rings. The zero-order valence-electron chi connectivity index (χ0n) is 35.8. The van der Waals surface area contributed by atoms with Gasteiger partial charge in [-0.3, -0.25) is 19.1 Å². The molecule has 0 spiro atoms. The summed E-state index contributed by atoms with van der Waals surface area (Å²) in [7, 11) is -2.43. The van der Waals surface area contributed by atoms with Gasteiger partial charge in [-0.05, 0) is 81.7 Å². The minimum Gasteiger partial charge on any atom is -0.496 e. The van der Waals surface area contributed by atoms with Crippen LogP contribution in [0.1, 0.15) is 94.4 Å². The van der Waals surface area contributed by atoms with Gasteiger partial charge in [0.05, 0.1) is 35.7 Å². The molecule has 13 nitrogen and oxygen atoms in total. The zero-order chi connectivity index (χ0) is 45.7. The number of hydrogen-bond acceptors (Lipinski definition) is 11. The number of alkyl halides is 3. The standard InChI is InChI=1S/C45H50F4N6O7S2/c1-24(2)35-23-63-41(52-35)34-20-38(30-15-17-37(61-4)25(3)39(30)51-34)62-28-19-36-40(56)53-44(43(58)54-64(59,60)29-13-14-29)21-26(44)10-8-6-5-7-9-11-33(42(57)55(36)22-28)50-27-12-16-32(46)31(18-27)45(47,48)49/h8,10,12,15-18,20,23-24,26,28-29,33,36,50H,5-7,9,11,13-14,19,21-22H2,1-4H3,(H,53,56)(H,54,58)/b10-8-/t26-,28-,33+,36+,44-/m1/s1. The number of sulfonamides is 1. The molecule has 0 bridgehead atoms. The lowest BCUT2D eigenvalue weighted by atomic mass is 10.0. The number of amides is 3. The minimum absolute atomic E-state index is 0.0688. The predicted octanol–water partition coefficient (Wildman–Crippen LogP) is 7.79. The van der Waals surface area contributed by atoms with Crippen molar-refractivity contribution < 1.29 is 49.8 Å². The zero-order valence-corrected chi connectivity index (χ0v) is 37.4. The second-order valence-corrected chi connectivity index (χ2v) is 20.2. The van der Waals surface area contributed by atoms with E-state index in [1.807, 2.05) is 32.2 Å². The van der Waals surface area contributed by atoms with Crippen LogP contribution in [0.2, 0.25) is 0 Å². The highest BCUT2D eigenvalue weighted by Gasteiger charge is 2.62. The minimum atomic E-state index is -5.00. The van der Waals surface area contributed by atoms with Gasteiger partial charge in [0.2, 0.25) is 21.8 Å². The SMILES string of the molecule is COc1ccc2c(O[C@@H]3C[C@H]4C(=O)N[C@]5(C(=O)NS(=O)(=O)C6CC6)C[C@H]5/C=C\CCCCC[C@H](Nc5ccc(F)c(C(F)(F)F)c5)C(=O)N4C3)cc(-c3nc(C(C)C)cs3)nc2c1C. The molecule has 2 saturated carbocycles. The Kier molecular flexibility index (Phi) is 12.4. The number of carbonyl (C=O) groups is 3. The largest absolute Gasteiger partial charge is 0.496 e. The number of nitrogens with zero attached hydrogens (tertiary/aromatic N) is 3. The van der Waals surface area contributed by atoms with E-state index in [-0.39, 0.29) is 37.4 Å². The van der Waals surface area contributed by atoms with Crippen molar-refractivity contribution in [2.24, 2.45) is 5.92 Å². The van der Waals surface area contributed by atoms with E-state index in [1.54, 1.807) is 31.4 Å². The highest BCUT2D eigenvalue weighted by molar-refractivity contribution is 7.91. The maximum absolute atomic E-state index is 14.9. The third-order valence-electron chi connectivity index (χ3n) is 12.4. The number of hydrogen-bond donors (Lipinski definition) is 3. The molecule has 5 atom stereocenters. The summed E-state index contributed by atoms with van der Waals surface area (Å²) >= 11 is 1.43. The van der Waals surface area contributed by atoms with Gasteiger partial charge in [-0.15, -0.1) is 11.3 Å². The van der Waals surface area contributed by atoms with Gasteiger partial charge in [0.25, 0.3) is 5.91 Å². The molecule has 4 heterocycles. The number of aromatic nitrogens is 2. The topological polar surface area (TPSA) is 169 Å². The number of rotatable bonds is 10. The summed E-state index contributed by atoms with van der Waals surface area (Å²) in [6, 6.07) is 5.35. The van der Waals surface area contributed by atoms with Crippen LogP contribution >= 0.6 is 11.3 Å². The molecule has 2 aromatic heterocycles. The van der Waals surface area contributed by atoms with Gasteiger partial charge >= 0.3 is 6.18 Å². The fraction of sp³-hybridized carbons (Fsp3) is 0.489. The van der Waals surface area contributed by atoms with Crippen LogP contribution in [0.5, 0.6) is 11.5 Å². The molecule has 2 aliphatic heterocycles. The lowest BCUT2D eigenvalue weighted by Crippen LogP contribution is -2.57. The highest BCUT2D eigenvalue weighted by atomic mass is 32.2. The van der Waals surface area contributed by atoms with Crippen molar-refractivity contribution in [2.75, 3.05) is 19.0 Å². The summed E-state index contributed by atoms with van der Waals surface area (Å²) in [6.07, 6.45) is 1.29. The van der Waals surface area contributed by atoms with Gasteiger partial charge in [-0.2, -0.15) is 13.2 Å². The molecule has 8 rings (SSSR count). The maximum Gasteiger partial charge on any atom is 0.419 e. The molecule has 4 aromatic rings. The molecule has 0 unspecified atom stereocenters. The third kappa shape index (κ3) is 9.28. The molecule has 342 valence electrons. The number of thiazole rings is 1. The lowest BCUT2D eigenvalue weighted by Gasteiger charge is -2.30. The first kappa shape index (κ1) is 45.3. The second-order valence-electron chi connectivity index (χ2n) is 17.4. The summed E-state index contributed by atoms with van der Waals surface area (Å²) < 4.78 is 96.3. The normalized spacial score (nSPS) is 24.9. The molecule has 0 radical (unpaired) electrons. The summed E-state index contributed by atoms with van der Waals surface area (Å²) in [5.41, 5.74) is -0.511. The average Bonchev–Trinajstić information content (AvgIpc) is 4.12. The van der Waals surface area contributed by atoms with Crippen LogP contribution in [0, 0.1) is 18.7 Å². The van der Waals surface area contributed by atoms with Gasteiger partial charge in [0.15, 0.2) is 0 Å². The molecule has 2 aliphatic carbocycles. The quantitative estimate of drug-likeness (QED) is 0.106. The second kappa shape index (κ2) is 17.6. The van der Waals surface area contributed by atoms with Crippen molar-refractivity contribution in [2.45, 2.75) is 120 Å². The van der Waals surface area contributed by atoms with Gasteiger partial charge in [-0.1, -0.05) is 38.8 Å². The predicted molar refractivity (Wildman–Crippen MR) is 233 cm³/mol. The van der Waals surface area contributed by atoms with Crippen LogP contribution in [0.15, 0.2) is 53.9 Å². The Bertz CT molecular complexity index is 2620. The molecule has 19 heteroatoms. The molecular weight excluding hydrogens is 877 g/mol. The van der Waals surface area contributed by atoms with Crippen molar-refractivity contribution >= 4 is 55.7 Å². The van der Waals surface area contributed by atoms with E-state index >= 15 is 0 Å². The Morgan fingerprint density at radius 3 is 2.53 bits per heavy atom. The molecular formula is C45H50F4N6O7S2. The number of halogens is 4. The average molecular weight is 927 g/mol. The van der Waals surface area contributed by atoms with Gasteiger partial charge in [-0.25, -0.2) is 22.8 Å². The number of allylic oxidation sites excluding steroid dienone is 1. The van der Waals surface area contributed by atoms with Crippen LogP contribution in [0.3, 0.4) is 0 Å². The van der Waals surface area contributed by atoms with Crippen LogP contribution < -0.4 is 24.8 Å². The van der Waals surface area contributed by atoms with E-state index in [0.29, 0.717) is 83.8 Å². The Morgan fingerprint density at radius 2 is 1.83 bits per heavy atom. The molecule has 3 fully saturated rings. The van der Waals surface area contributed by atoms with Crippen molar-refractivity contribution in [1.29, 1.82) is 0 Å². The van der Waals surface area contributed by atoms with Crippen LogP contribution in [0.4, 0.5) is 23.2 Å². The third-order valence-corrected chi connectivity index (χ3v) is 15.2. The lowest BCUT2D eigenvalue weighted by molar-refractivity contribution is -0.140. The molecule has 2 aromatic carbocycles. The molecule has 3 N–H and O–H groups in total. The smallest absolute Gasteiger partial charge is 0.419 e. The Hall–Kier alpha value is -5.30. The molecule has 3 amide bonds. The molecule has 64 heavy (non-hydrogen) atoms. The first-order valence-electron chi connectivity index (χ1n) is 21.5. The Labute approximate surface area is 372 Å². The molecule has 1 saturated heterocycles. The summed E-state index contributed by atoms with van der Waals surface area (Å²) in [6.45, 7) is 5.80. The fourth-order valence-corrected chi connectivity index (χ4v) is 10.8. The van der Waals surface area contributed by atoms with Crippen LogP contribution in [-0.4, -0.2) is 83.6 Å². The van der Waals surface area contributed by atoms with E-state index < -0.39 is 80.2 Å². The number of methoxy groups -OCH3 is 1. The van der Waals surface area contributed by atoms with E-state index in [1.165, 1.54) is 16.2 Å². The highest BCUT2D eigenvalue weighted by Crippen LogP contribution is 2.46. The first-order chi connectivity index (χ1) is 30.4. The van der Waals surface area contributed by atoms with Crippen molar-refractivity contribution in [3.63, 3.8) is 0 Å². The van der Waals surface area contributed by atoms with Crippen molar-refractivity contribution in [3.8, 4) is 22.2 Å². The number of pyridine rings is 1. The number of benzene rings is 2. The van der Waals surface area contributed by atoms with Gasteiger partial charge in [0, 0.05) is 40.4 Å². The Morgan fingerprint density at radius 1 is 1.05 bits per heavy atom. The summed E-state index contributed by atoms with van der Waals surface area (Å²) in [5.74, 6) is -3.05. The first-order valence-corrected chi connectivity index (χ1v) is 23.9. The van der Waals surface area contributed by atoms with E-state index in [9.17, 15) is 40.4 Å². The number of ether oxygens (including phenoxy) is 2.